The van der Waals surface area contributed by atoms with Crippen molar-refractivity contribution in [1.29, 1.82) is 0 Å². The minimum absolute atomic E-state index is 0.0341. The number of rotatable bonds is 4. The molecule has 1 aliphatic heterocycles. The monoisotopic (exact) mass is 429 g/mol. The second kappa shape index (κ2) is 9.34. The number of hydrogen-bond acceptors (Lipinski definition) is 6. The van der Waals surface area contributed by atoms with Crippen LogP contribution in [0.4, 0.5) is 5.69 Å². The molecule has 0 radical (unpaired) electrons. The van der Waals surface area contributed by atoms with Gasteiger partial charge in [0.1, 0.15) is 4.88 Å². The lowest BCUT2D eigenvalue weighted by molar-refractivity contribution is -0.136. The summed E-state index contributed by atoms with van der Waals surface area (Å²) < 4.78 is 3.82. The lowest BCUT2D eigenvalue weighted by atomic mass is 9.96. The number of aryl methyl sites for hydroxylation is 4. The van der Waals surface area contributed by atoms with Gasteiger partial charge in [-0.3, -0.25) is 14.4 Å². The van der Waals surface area contributed by atoms with Crippen LogP contribution in [0.25, 0.3) is 0 Å². The minimum Gasteiger partial charge on any atom is -0.348 e. The first-order valence-corrected chi connectivity index (χ1v) is 10.8. The molecule has 30 heavy (non-hydrogen) atoms. The van der Waals surface area contributed by atoms with Crippen LogP contribution in [0.3, 0.4) is 0 Å². The van der Waals surface area contributed by atoms with E-state index in [4.69, 9.17) is 0 Å². The summed E-state index contributed by atoms with van der Waals surface area (Å²) in [7, 11) is 0. The molecule has 1 aromatic heterocycles. The first-order chi connectivity index (χ1) is 14.3. The van der Waals surface area contributed by atoms with Crippen molar-refractivity contribution < 1.29 is 14.4 Å². The zero-order valence-corrected chi connectivity index (χ0v) is 18.6. The third-order valence-corrected chi connectivity index (χ3v) is 6.24. The lowest BCUT2D eigenvalue weighted by Gasteiger charge is -2.31. The number of nitrogens with zero attached hydrogens (tertiary/aromatic N) is 3. The Balaban J connectivity index is 1.46. The van der Waals surface area contributed by atoms with Gasteiger partial charge < -0.3 is 15.5 Å². The summed E-state index contributed by atoms with van der Waals surface area (Å²) in [6.07, 6.45) is 1.55. The van der Waals surface area contributed by atoms with Gasteiger partial charge in [0, 0.05) is 25.3 Å². The van der Waals surface area contributed by atoms with Crippen LogP contribution in [0.15, 0.2) is 12.1 Å². The molecular weight excluding hydrogens is 402 g/mol. The third-order valence-electron chi connectivity index (χ3n) is 5.42. The number of amides is 3. The van der Waals surface area contributed by atoms with Crippen LogP contribution in [0, 0.1) is 33.6 Å². The van der Waals surface area contributed by atoms with Gasteiger partial charge in [-0.1, -0.05) is 22.2 Å². The van der Waals surface area contributed by atoms with E-state index in [0.717, 1.165) is 41.1 Å². The summed E-state index contributed by atoms with van der Waals surface area (Å²) in [6.45, 7) is 9.24. The number of hydrogen-bond donors (Lipinski definition) is 2. The summed E-state index contributed by atoms with van der Waals surface area (Å²) in [4.78, 5) is 39.4. The Morgan fingerprint density at radius 2 is 1.70 bits per heavy atom. The summed E-state index contributed by atoms with van der Waals surface area (Å²) in [5.74, 6) is -1.10. The average molecular weight is 430 g/mol. The molecule has 1 saturated heterocycles. The molecule has 2 heterocycles. The molecule has 0 aliphatic carbocycles. The van der Waals surface area contributed by atoms with E-state index in [1.165, 1.54) is 0 Å². The van der Waals surface area contributed by atoms with Crippen molar-refractivity contribution in [1.82, 2.24) is 19.8 Å². The van der Waals surface area contributed by atoms with Crippen molar-refractivity contribution >= 4 is 34.9 Å². The highest BCUT2D eigenvalue weighted by Crippen LogP contribution is 2.22. The number of anilines is 1. The molecule has 9 heteroatoms. The zero-order chi connectivity index (χ0) is 21.8. The van der Waals surface area contributed by atoms with Crippen LogP contribution in [0.5, 0.6) is 0 Å². The normalized spacial score (nSPS) is 14.5. The van der Waals surface area contributed by atoms with E-state index in [-0.39, 0.29) is 11.8 Å². The van der Waals surface area contributed by atoms with E-state index >= 15 is 0 Å². The fourth-order valence-corrected chi connectivity index (χ4v) is 4.40. The van der Waals surface area contributed by atoms with Gasteiger partial charge in [0.2, 0.25) is 0 Å². The largest absolute Gasteiger partial charge is 0.348 e. The molecule has 0 spiro atoms. The van der Waals surface area contributed by atoms with Crippen molar-refractivity contribution in [2.45, 2.75) is 40.5 Å². The lowest BCUT2D eigenvalue weighted by Crippen LogP contribution is -2.43. The van der Waals surface area contributed by atoms with Gasteiger partial charge in [-0.25, -0.2) is 0 Å². The average Bonchev–Trinajstić information content (AvgIpc) is 3.14. The van der Waals surface area contributed by atoms with Crippen molar-refractivity contribution in [3.63, 3.8) is 0 Å². The van der Waals surface area contributed by atoms with Crippen molar-refractivity contribution in [2.75, 3.05) is 25.0 Å². The number of aromatic nitrogens is 2. The molecule has 2 aromatic rings. The first-order valence-electron chi connectivity index (χ1n) is 10.0. The number of carbonyl (C=O) groups excluding carboxylic acids is 3. The first kappa shape index (κ1) is 21.9. The van der Waals surface area contributed by atoms with Crippen molar-refractivity contribution in [2.24, 2.45) is 5.92 Å². The zero-order valence-electron chi connectivity index (χ0n) is 17.7. The molecule has 0 saturated carbocycles. The van der Waals surface area contributed by atoms with E-state index in [1.54, 1.807) is 11.8 Å². The Kier molecular flexibility index (Phi) is 6.81. The van der Waals surface area contributed by atoms with Crippen molar-refractivity contribution in [3.8, 4) is 0 Å². The van der Waals surface area contributed by atoms with E-state index in [0.29, 0.717) is 35.9 Å². The Labute approximate surface area is 180 Å². The van der Waals surface area contributed by atoms with Crippen LogP contribution in [-0.2, 0) is 9.59 Å². The van der Waals surface area contributed by atoms with Gasteiger partial charge in [-0.2, -0.15) is 0 Å². The number of nitrogens with one attached hydrogen (secondary N) is 2. The second-order valence-corrected chi connectivity index (χ2v) is 8.62. The van der Waals surface area contributed by atoms with E-state index in [2.05, 4.69) is 20.2 Å². The maximum absolute atomic E-state index is 12.5. The van der Waals surface area contributed by atoms with Gasteiger partial charge in [-0.05, 0) is 69.1 Å². The molecule has 160 valence electrons. The molecule has 0 bridgehead atoms. The molecule has 0 atom stereocenters. The van der Waals surface area contributed by atoms with Crippen molar-refractivity contribution in [3.05, 3.63) is 39.4 Å². The summed E-state index contributed by atoms with van der Waals surface area (Å²) in [5, 5.41) is 9.35. The van der Waals surface area contributed by atoms with Crippen LogP contribution in [0.1, 0.15) is 44.9 Å². The Morgan fingerprint density at radius 3 is 2.27 bits per heavy atom. The van der Waals surface area contributed by atoms with E-state index in [1.807, 2.05) is 32.9 Å². The smallest absolute Gasteiger partial charge is 0.313 e. The second-order valence-electron chi connectivity index (χ2n) is 7.86. The quantitative estimate of drug-likeness (QED) is 0.726. The highest BCUT2D eigenvalue weighted by atomic mass is 32.1. The Morgan fingerprint density at radius 1 is 1.07 bits per heavy atom. The van der Waals surface area contributed by atoms with Crippen LogP contribution >= 0.6 is 11.5 Å². The van der Waals surface area contributed by atoms with Gasteiger partial charge in [0.05, 0.1) is 5.69 Å². The van der Waals surface area contributed by atoms with Gasteiger partial charge in [0.15, 0.2) is 0 Å². The molecule has 1 aliphatic rings. The summed E-state index contributed by atoms with van der Waals surface area (Å²) in [6, 6.07) is 3.94. The SMILES string of the molecule is Cc1cc(C)c(NC(=O)C(=O)NCC2CCN(C(=O)c3snnc3C)CC2)c(C)c1. The van der Waals surface area contributed by atoms with Crippen LogP contribution in [-0.4, -0.2) is 51.8 Å². The fourth-order valence-electron chi connectivity index (χ4n) is 3.78. The van der Waals surface area contributed by atoms with Gasteiger partial charge in [0.25, 0.3) is 5.91 Å². The molecule has 3 rings (SSSR count). The maximum atomic E-state index is 12.5. The summed E-state index contributed by atoms with van der Waals surface area (Å²) >= 11 is 1.12. The number of benzene rings is 1. The molecule has 1 fully saturated rings. The van der Waals surface area contributed by atoms with E-state index < -0.39 is 11.8 Å². The molecule has 8 nitrogen and oxygen atoms in total. The molecule has 3 amide bonds. The molecule has 0 unspecified atom stereocenters. The number of piperidine rings is 1. The summed E-state index contributed by atoms with van der Waals surface area (Å²) in [5.41, 5.74) is 4.30. The number of carbonyl (C=O) groups is 3. The van der Waals surface area contributed by atoms with Gasteiger partial charge in [-0.15, -0.1) is 5.10 Å². The molecule has 2 N–H and O–H groups in total. The maximum Gasteiger partial charge on any atom is 0.313 e. The van der Waals surface area contributed by atoms with Gasteiger partial charge >= 0.3 is 11.8 Å². The standard InChI is InChI=1S/C21H27N5O3S/c1-12-9-13(2)17(14(3)10-12)23-20(28)19(27)22-11-16-5-7-26(8-6-16)21(29)18-15(4)24-25-30-18/h9-10,16H,5-8,11H2,1-4H3,(H,22,27)(H,23,28). The predicted octanol–water partition coefficient (Wildman–Crippen LogP) is 2.38. The van der Waals surface area contributed by atoms with E-state index in [9.17, 15) is 14.4 Å². The van der Waals surface area contributed by atoms with Crippen LogP contribution in [0.2, 0.25) is 0 Å². The Hall–Kier alpha value is -2.81. The Bertz CT molecular complexity index is 940. The number of likely N-dealkylation sites (tertiary alicyclic amines) is 1. The predicted molar refractivity (Wildman–Crippen MR) is 116 cm³/mol. The molecular formula is C21H27N5O3S. The molecule has 1 aromatic carbocycles. The minimum atomic E-state index is -0.661. The third kappa shape index (κ3) is 5.02. The van der Waals surface area contributed by atoms with Crippen LogP contribution < -0.4 is 10.6 Å². The highest BCUT2D eigenvalue weighted by Gasteiger charge is 2.27. The fraction of sp³-hybridized carbons (Fsp3) is 0.476. The topological polar surface area (TPSA) is 104 Å². The highest BCUT2D eigenvalue weighted by molar-refractivity contribution is 7.07.